The zero-order valence-corrected chi connectivity index (χ0v) is 14.3. The van der Waals surface area contributed by atoms with E-state index in [1.807, 2.05) is 6.07 Å². The monoisotopic (exact) mass is 345 g/mol. The summed E-state index contributed by atoms with van der Waals surface area (Å²) in [6.45, 7) is 0.142. The number of benzene rings is 1. The molecular formula is C19H23NO5. The molecule has 1 aromatic rings. The van der Waals surface area contributed by atoms with Gasteiger partial charge in [0, 0.05) is 18.9 Å². The van der Waals surface area contributed by atoms with Crippen LogP contribution in [0.5, 0.6) is 5.75 Å². The van der Waals surface area contributed by atoms with Crippen LogP contribution in [0, 0.1) is 5.41 Å². The number of rotatable bonds is 4. The lowest BCUT2D eigenvalue weighted by atomic mass is 9.62. The van der Waals surface area contributed by atoms with Crippen LogP contribution in [-0.4, -0.2) is 42.3 Å². The first-order valence-corrected chi connectivity index (χ1v) is 8.81. The highest BCUT2D eigenvalue weighted by Gasteiger charge is 2.70. The van der Waals surface area contributed by atoms with E-state index in [1.54, 1.807) is 7.11 Å². The molecule has 2 bridgehead atoms. The molecule has 1 unspecified atom stereocenters. The second kappa shape index (κ2) is 5.73. The highest BCUT2D eigenvalue weighted by Crippen LogP contribution is 2.58. The van der Waals surface area contributed by atoms with Crippen LogP contribution in [-0.2, 0) is 27.2 Å². The van der Waals surface area contributed by atoms with E-state index in [2.05, 4.69) is 17.4 Å². The molecule has 2 aliphatic carbocycles. The highest BCUT2D eigenvalue weighted by atomic mass is 16.5. The Morgan fingerprint density at radius 3 is 2.80 bits per heavy atom. The van der Waals surface area contributed by atoms with Gasteiger partial charge in [0.1, 0.15) is 11.4 Å². The Bertz CT molecular complexity index is 723. The minimum Gasteiger partial charge on any atom is -0.497 e. The lowest BCUT2D eigenvalue weighted by Gasteiger charge is -2.40. The summed E-state index contributed by atoms with van der Waals surface area (Å²) < 4.78 is 10.9. The molecule has 2 heterocycles. The molecule has 2 saturated heterocycles. The quantitative estimate of drug-likeness (QED) is 0.811. The number of amides is 1. The van der Waals surface area contributed by atoms with Gasteiger partial charge in [0.15, 0.2) is 0 Å². The number of hydrogen-bond acceptors (Lipinski definition) is 4. The predicted octanol–water partition coefficient (Wildman–Crippen LogP) is 1.69. The third-order valence-corrected chi connectivity index (χ3v) is 5.95. The van der Waals surface area contributed by atoms with E-state index >= 15 is 0 Å². The number of carboxylic acid groups (broad SMARTS) is 1. The van der Waals surface area contributed by atoms with Crippen molar-refractivity contribution in [2.24, 2.45) is 5.41 Å². The maximum Gasteiger partial charge on any atom is 0.312 e. The molecule has 2 N–H and O–H groups in total. The van der Waals surface area contributed by atoms with Gasteiger partial charge in [-0.05, 0) is 48.9 Å². The molecule has 0 spiro atoms. The fourth-order valence-corrected chi connectivity index (χ4v) is 4.47. The summed E-state index contributed by atoms with van der Waals surface area (Å²) in [5, 5.41) is 12.4. The average Bonchev–Trinajstić information content (AvgIpc) is 3.07. The third kappa shape index (κ3) is 2.59. The van der Waals surface area contributed by atoms with Crippen LogP contribution in [0.2, 0.25) is 0 Å². The number of fused-ring (bicyclic) bond motifs is 2. The highest BCUT2D eigenvalue weighted by molar-refractivity contribution is 5.92. The molecule has 1 saturated carbocycles. The van der Waals surface area contributed by atoms with E-state index in [4.69, 9.17) is 9.47 Å². The molecular weight excluding hydrogens is 322 g/mol. The number of nitrogens with one attached hydrogen (secondary N) is 1. The van der Waals surface area contributed by atoms with E-state index in [-0.39, 0.29) is 18.6 Å². The number of carbonyl (C=O) groups excluding carboxylic acids is 1. The zero-order chi connectivity index (χ0) is 17.7. The predicted molar refractivity (Wildman–Crippen MR) is 89.6 cm³/mol. The van der Waals surface area contributed by atoms with Crippen molar-refractivity contribution in [3.63, 3.8) is 0 Å². The molecule has 1 aromatic carbocycles. The van der Waals surface area contributed by atoms with E-state index in [0.29, 0.717) is 12.8 Å². The first-order chi connectivity index (χ1) is 12.0. The maximum absolute atomic E-state index is 12.7. The standard InChI is InChI=1S/C19H23NO5/c1-24-15-6-5-13-7-14(4-2-3-12(13)8-15)20-16(21)19-9-18(10-19,11-25-19)17(22)23/h5-6,8,14H,2-4,7,9-11H2,1H3,(H,20,21)(H,22,23). The molecule has 1 atom stereocenters. The van der Waals surface area contributed by atoms with E-state index in [9.17, 15) is 14.7 Å². The van der Waals surface area contributed by atoms with Crippen molar-refractivity contribution < 1.29 is 24.2 Å². The van der Waals surface area contributed by atoms with Gasteiger partial charge in [0.05, 0.1) is 19.1 Å². The van der Waals surface area contributed by atoms with Crippen molar-refractivity contribution in [3.05, 3.63) is 29.3 Å². The Morgan fingerprint density at radius 1 is 1.32 bits per heavy atom. The molecule has 5 rings (SSSR count). The maximum atomic E-state index is 12.7. The smallest absolute Gasteiger partial charge is 0.312 e. The number of hydrogen-bond donors (Lipinski definition) is 2. The normalized spacial score (nSPS) is 32.9. The van der Waals surface area contributed by atoms with Crippen LogP contribution in [0.3, 0.4) is 0 Å². The summed E-state index contributed by atoms with van der Waals surface area (Å²) >= 11 is 0. The van der Waals surface area contributed by atoms with Gasteiger partial charge in [0.25, 0.3) is 5.91 Å². The molecule has 2 aliphatic heterocycles. The Kier molecular flexibility index (Phi) is 3.76. The van der Waals surface area contributed by atoms with Crippen LogP contribution in [0.1, 0.15) is 36.8 Å². The zero-order valence-electron chi connectivity index (χ0n) is 14.3. The van der Waals surface area contributed by atoms with Crippen LogP contribution in [0.15, 0.2) is 18.2 Å². The molecule has 0 aromatic heterocycles. The topological polar surface area (TPSA) is 84.9 Å². The third-order valence-electron chi connectivity index (χ3n) is 5.95. The van der Waals surface area contributed by atoms with E-state index in [1.165, 1.54) is 11.1 Å². The fraction of sp³-hybridized carbons (Fsp3) is 0.579. The van der Waals surface area contributed by atoms with Crippen LogP contribution >= 0.6 is 0 Å². The number of aryl methyl sites for hydroxylation is 1. The lowest BCUT2D eigenvalue weighted by Crippen LogP contribution is -2.58. The minimum atomic E-state index is -0.923. The van der Waals surface area contributed by atoms with Crippen LogP contribution < -0.4 is 10.1 Å². The summed E-state index contributed by atoms with van der Waals surface area (Å²) in [6.07, 6.45) is 4.25. The number of carbonyl (C=O) groups is 2. The van der Waals surface area contributed by atoms with E-state index in [0.717, 1.165) is 31.4 Å². The van der Waals surface area contributed by atoms with Gasteiger partial charge in [-0.25, -0.2) is 0 Å². The Labute approximate surface area is 146 Å². The second-order valence-electron chi connectivity index (χ2n) is 7.62. The molecule has 1 amide bonds. The first kappa shape index (κ1) is 16.4. The van der Waals surface area contributed by atoms with Crippen LogP contribution in [0.4, 0.5) is 0 Å². The van der Waals surface area contributed by atoms with E-state index < -0.39 is 17.0 Å². The minimum absolute atomic E-state index is 0.0561. The summed E-state index contributed by atoms with van der Waals surface area (Å²) in [7, 11) is 1.66. The number of carboxylic acids is 1. The largest absolute Gasteiger partial charge is 0.497 e. The number of aliphatic carboxylic acids is 1. The van der Waals surface area contributed by atoms with Crippen molar-refractivity contribution in [2.75, 3.05) is 13.7 Å². The van der Waals surface area contributed by atoms with Crippen molar-refractivity contribution in [1.82, 2.24) is 5.32 Å². The molecule has 6 heteroatoms. The Morgan fingerprint density at radius 2 is 2.12 bits per heavy atom. The lowest BCUT2D eigenvalue weighted by molar-refractivity contribution is -0.158. The Balaban J connectivity index is 1.43. The summed E-state index contributed by atoms with van der Waals surface area (Å²) in [5.74, 6) is -0.145. The first-order valence-electron chi connectivity index (χ1n) is 8.81. The van der Waals surface area contributed by atoms with Crippen molar-refractivity contribution >= 4 is 11.9 Å². The SMILES string of the molecule is COc1ccc2c(c1)CCCC(NC(=O)C13CC(C(=O)O)(CO1)C3)C2. The fourth-order valence-electron chi connectivity index (χ4n) is 4.47. The number of methoxy groups -OCH3 is 1. The Hall–Kier alpha value is -2.08. The molecule has 25 heavy (non-hydrogen) atoms. The van der Waals surface area contributed by atoms with Crippen molar-refractivity contribution in [3.8, 4) is 5.75 Å². The molecule has 4 aliphatic rings. The second-order valence-corrected chi connectivity index (χ2v) is 7.62. The average molecular weight is 345 g/mol. The van der Waals surface area contributed by atoms with Gasteiger partial charge in [-0.1, -0.05) is 6.07 Å². The van der Waals surface area contributed by atoms with Gasteiger partial charge in [-0.2, -0.15) is 0 Å². The molecule has 134 valence electrons. The van der Waals surface area contributed by atoms with Crippen molar-refractivity contribution in [1.29, 1.82) is 0 Å². The summed E-state index contributed by atoms with van der Waals surface area (Å²) in [6, 6.07) is 6.16. The van der Waals surface area contributed by atoms with Crippen LogP contribution in [0.25, 0.3) is 0 Å². The molecule has 3 fully saturated rings. The summed E-state index contributed by atoms with van der Waals surface area (Å²) in [5.41, 5.74) is 0.749. The van der Waals surface area contributed by atoms with Gasteiger partial charge < -0.3 is 19.9 Å². The van der Waals surface area contributed by atoms with Crippen molar-refractivity contribution in [2.45, 2.75) is 50.2 Å². The summed E-state index contributed by atoms with van der Waals surface area (Å²) in [4.78, 5) is 24.0. The molecule has 0 radical (unpaired) electrons. The number of ether oxygens (including phenoxy) is 2. The van der Waals surface area contributed by atoms with Gasteiger partial charge in [-0.15, -0.1) is 0 Å². The molecule has 6 nitrogen and oxygen atoms in total. The van der Waals surface area contributed by atoms with Gasteiger partial charge in [0.2, 0.25) is 0 Å². The van der Waals surface area contributed by atoms with Gasteiger partial charge >= 0.3 is 5.97 Å². The van der Waals surface area contributed by atoms with Gasteiger partial charge in [-0.3, -0.25) is 9.59 Å².